The normalized spacial score (nSPS) is 18.4. The zero-order chi connectivity index (χ0) is 52.6. The molecule has 76 heavy (non-hydrogen) atoms. The second-order valence-electron chi connectivity index (χ2n) is 22.8. The Morgan fingerprint density at radius 3 is 1.38 bits per heavy atom. The van der Waals surface area contributed by atoms with Gasteiger partial charge in [-0.3, -0.25) is 9.59 Å². The number of halogens is 2. The van der Waals surface area contributed by atoms with Crippen LogP contribution in [0.4, 0.5) is 0 Å². The first-order valence-corrected chi connectivity index (χ1v) is 30.0. The summed E-state index contributed by atoms with van der Waals surface area (Å²) in [5.74, 6) is 5.14. The highest BCUT2D eigenvalue weighted by molar-refractivity contribution is 6.30. The summed E-state index contributed by atoms with van der Waals surface area (Å²) in [6.07, 6.45) is 23.5. The second kappa shape index (κ2) is 28.3. The Morgan fingerprint density at radius 2 is 0.934 bits per heavy atom. The predicted octanol–water partition coefficient (Wildman–Crippen LogP) is 15.3. The Labute approximate surface area is 464 Å². The molecule has 4 fully saturated rings. The minimum absolute atomic E-state index is 0.236. The molecule has 1 saturated carbocycles. The van der Waals surface area contributed by atoms with E-state index in [2.05, 4.69) is 48.5 Å². The van der Waals surface area contributed by atoms with Gasteiger partial charge in [-0.25, -0.2) is 0 Å². The third-order valence-corrected chi connectivity index (χ3v) is 18.2. The van der Waals surface area contributed by atoms with E-state index in [0.717, 1.165) is 80.5 Å². The smallest absolute Gasteiger partial charge is 0.165 e. The lowest BCUT2D eigenvalue weighted by atomic mass is 9.86. The van der Waals surface area contributed by atoms with Gasteiger partial charge in [0, 0.05) is 69.9 Å². The van der Waals surface area contributed by atoms with E-state index in [4.69, 9.17) is 32.7 Å². The van der Waals surface area contributed by atoms with E-state index >= 15 is 0 Å². The topological polar surface area (TPSA) is 81.0 Å². The Bertz CT molecular complexity index is 2570. The molecule has 2 aromatic heterocycles. The zero-order valence-electron chi connectivity index (χ0n) is 45.7. The van der Waals surface area contributed by atoms with Crippen LogP contribution in [-0.4, -0.2) is 82.9 Å². The number of aryl methyl sites for hydroxylation is 2. The third kappa shape index (κ3) is 15.3. The van der Waals surface area contributed by atoms with Gasteiger partial charge in [-0.2, -0.15) is 0 Å². The van der Waals surface area contributed by atoms with Gasteiger partial charge in [0.25, 0.3) is 0 Å². The quantitative estimate of drug-likeness (QED) is 0.0678. The van der Waals surface area contributed by atoms with Crippen LogP contribution < -0.4 is 14.8 Å². The number of rotatable bonds is 22. The first-order valence-electron chi connectivity index (χ1n) is 29.3. The molecule has 1 aliphatic carbocycles. The molecule has 3 aliphatic heterocycles. The van der Waals surface area contributed by atoms with Crippen molar-refractivity contribution in [3.8, 4) is 11.5 Å². The van der Waals surface area contributed by atoms with Crippen LogP contribution in [0.1, 0.15) is 154 Å². The number of nitrogens with one attached hydrogen (secondary N) is 1. The van der Waals surface area contributed by atoms with Gasteiger partial charge < -0.3 is 33.7 Å². The molecular weight excluding hydrogens is 986 g/mol. The number of ether oxygens (including phenoxy) is 2. The summed E-state index contributed by atoms with van der Waals surface area (Å²) >= 11 is 12.0. The first kappa shape index (κ1) is 56.1. The molecular formula is C65H85Cl2N5O4. The van der Waals surface area contributed by atoms with Gasteiger partial charge in [-0.1, -0.05) is 91.7 Å². The first-order chi connectivity index (χ1) is 37.2. The van der Waals surface area contributed by atoms with Gasteiger partial charge in [0.1, 0.15) is 24.7 Å². The van der Waals surface area contributed by atoms with E-state index in [1.807, 2.05) is 86.9 Å². The number of likely N-dealkylation sites (tertiary alicyclic amines) is 2. The maximum atomic E-state index is 13.7. The highest BCUT2D eigenvalue weighted by atomic mass is 35.5. The van der Waals surface area contributed by atoms with Crippen molar-refractivity contribution < 1.29 is 19.1 Å². The van der Waals surface area contributed by atoms with Gasteiger partial charge >= 0.3 is 0 Å². The molecule has 4 aromatic carbocycles. The number of piperidine rings is 3. The fraction of sp³-hybridized carbons (Fsp3) is 0.538. The largest absolute Gasteiger partial charge is 0.487 e. The molecule has 5 heterocycles. The van der Waals surface area contributed by atoms with Gasteiger partial charge in [-0.15, -0.1) is 0 Å². The predicted molar refractivity (Wildman–Crippen MR) is 313 cm³/mol. The van der Waals surface area contributed by atoms with E-state index in [1.54, 1.807) is 0 Å². The average Bonchev–Trinajstić information content (AvgIpc) is 3.92. The van der Waals surface area contributed by atoms with E-state index in [-0.39, 0.29) is 11.6 Å². The lowest BCUT2D eigenvalue weighted by Gasteiger charge is -2.32. The summed E-state index contributed by atoms with van der Waals surface area (Å²) in [4.78, 5) is 32.6. The summed E-state index contributed by atoms with van der Waals surface area (Å²) in [5.41, 5.74) is 5.69. The lowest BCUT2D eigenvalue weighted by Crippen LogP contribution is -2.35. The van der Waals surface area contributed by atoms with E-state index in [0.29, 0.717) is 47.9 Å². The fourth-order valence-corrected chi connectivity index (χ4v) is 13.2. The Kier molecular flexibility index (Phi) is 20.9. The van der Waals surface area contributed by atoms with Crippen LogP contribution in [0.15, 0.2) is 97.1 Å². The number of aromatic nitrogens is 2. The van der Waals surface area contributed by atoms with Crippen LogP contribution in [0.25, 0.3) is 21.8 Å². The number of benzene rings is 4. The van der Waals surface area contributed by atoms with Gasteiger partial charge in [0.05, 0.1) is 11.4 Å². The summed E-state index contributed by atoms with van der Waals surface area (Å²) in [6.45, 7) is 10.3. The molecule has 1 N–H and O–H groups in total. The fourth-order valence-electron chi connectivity index (χ4n) is 13.0. The van der Waals surface area contributed by atoms with Crippen molar-refractivity contribution >= 4 is 56.6 Å². The van der Waals surface area contributed by atoms with Crippen molar-refractivity contribution in [2.24, 2.45) is 37.8 Å². The highest BCUT2D eigenvalue weighted by Gasteiger charge is 2.27. The molecule has 11 heteroatoms. The number of Topliss-reactive ketones (excluding diaryl/α,β-unsaturated/α-hetero) is 2. The van der Waals surface area contributed by atoms with Crippen LogP contribution in [0.3, 0.4) is 0 Å². The Morgan fingerprint density at radius 1 is 0.513 bits per heavy atom. The number of para-hydroxylation sites is 2. The van der Waals surface area contributed by atoms with Crippen molar-refractivity contribution in [2.75, 3.05) is 52.4 Å². The monoisotopic (exact) mass is 1070 g/mol. The molecule has 10 rings (SSSR count). The number of carbonyl (C=O) groups is 2. The minimum atomic E-state index is 0.236. The number of nitrogens with zero attached hydrogens (tertiary/aromatic N) is 4. The summed E-state index contributed by atoms with van der Waals surface area (Å²) in [5, 5.41) is 6.96. The lowest BCUT2D eigenvalue weighted by molar-refractivity contribution is 0.0953. The van der Waals surface area contributed by atoms with Crippen molar-refractivity contribution in [3.63, 3.8) is 0 Å². The highest BCUT2D eigenvalue weighted by Crippen LogP contribution is 2.34. The third-order valence-electron chi connectivity index (χ3n) is 17.7. The van der Waals surface area contributed by atoms with Crippen molar-refractivity contribution in [1.82, 2.24) is 24.3 Å². The number of carbonyl (C=O) groups excluding carboxylic acids is 2. The Hall–Kier alpha value is -4.64. The molecule has 6 aromatic rings. The van der Waals surface area contributed by atoms with E-state index in [1.165, 1.54) is 149 Å². The minimum Gasteiger partial charge on any atom is -0.487 e. The SMILES string of the molecule is Cn1c(COc2ccc(Cl)cc2)c(C(=O)CCC2CCN(CCCC3CCCCC3)CC2)c2ccccc21.Cn1c(COc2ccc(Cl)cc2)c(C(=O)CCC2CCN(CCCC3CCCNC3)CC2)c2ccccc21. The molecule has 9 nitrogen and oxygen atoms in total. The van der Waals surface area contributed by atoms with Crippen LogP contribution in [0.5, 0.6) is 11.5 Å². The van der Waals surface area contributed by atoms with Crippen LogP contribution in [0.2, 0.25) is 10.0 Å². The summed E-state index contributed by atoms with van der Waals surface area (Å²) in [6, 6.07) is 31.2. The van der Waals surface area contributed by atoms with Crippen molar-refractivity contribution in [3.05, 3.63) is 130 Å². The van der Waals surface area contributed by atoms with Gasteiger partial charge in [-0.05, 0) is 214 Å². The number of fused-ring (bicyclic) bond motifs is 2. The Balaban J connectivity index is 0.000000186. The number of hydrogen-bond acceptors (Lipinski definition) is 7. The molecule has 0 radical (unpaired) electrons. The van der Waals surface area contributed by atoms with Gasteiger partial charge in [0.15, 0.2) is 11.6 Å². The summed E-state index contributed by atoms with van der Waals surface area (Å²) < 4.78 is 16.4. The summed E-state index contributed by atoms with van der Waals surface area (Å²) in [7, 11) is 4.06. The molecule has 0 bridgehead atoms. The second-order valence-corrected chi connectivity index (χ2v) is 23.6. The average molecular weight is 1070 g/mol. The number of ketones is 2. The maximum Gasteiger partial charge on any atom is 0.165 e. The number of hydrogen-bond donors (Lipinski definition) is 1. The van der Waals surface area contributed by atoms with Crippen LogP contribution in [-0.2, 0) is 27.3 Å². The molecule has 408 valence electrons. The van der Waals surface area contributed by atoms with Crippen LogP contribution in [0, 0.1) is 23.7 Å². The van der Waals surface area contributed by atoms with Crippen molar-refractivity contribution in [2.45, 2.75) is 135 Å². The van der Waals surface area contributed by atoms with E-state index in [9.17, 15) is 9.59 Å². The molecule has 3 saturated heterocycles. The molecule has 0 spiro atoms. The zero-order valence-corrected chi connectivity index (χ0v) is 47.2. The van der Waals surface area contributed by atoms with Crippen molar-refractivity contribution in [1.29, 1.82) is 0 Å². The standard InChI is InChI=1S/C33H43ClN2O2.C32H42ClN3O2/c1-35-30-12-6-5-11-29(30)33(31(35)24-38-28-16-14-27(34)15-17-28)32(37)18-13-26-19-22-36(23-20-26)21-7-10-25-8-3-2-4-9-25;1-35-29-9-3-2-8-28(29)32(30(35)23-38-27-13-11-26(33)12-14-27)31(37)15-10-24-16-20-36(21-17-24)19-5-7-25-6-4-18-34-22-25/h5-6,11-12,14-17,25-26H,2-4,7-10,13,18-24H2,1H3;2-3,8-9,11-14,24-25,34H,4-7,10,15-23H2,1H3. The van der Waals surface area contributed by atoms with E-state index < -0.39 is 0 Å². The molecule has 0 amide bonds. The molecule has 1 unspecified atom stereocenters. The molecule has 4 aliphatic rings. The van der Waals surface area contributed by atoms with Gasteiger partial charge in [0.2, 0.25) is 0 Å². The van der Waals surface area contributed by atoms with Crippen LogP contribution >= 0.6 is 23.2 Å². The maximum absolute atomic E-state index is 13.7. The molecule has 1 atom stereocenters.